The zero-order valence-electron chi connectivity index (χ0n) is 17.1. The third kappa shape index (κ3) is 3.50. The number of imidazole rings is 1. The lowest BCUT2D eigenvalue weighted by Crippen LogP contribution is -2.00. The van der Waals surface area contributed by atoms with Crippen molar-refractivity contribution in [2.45, 2.75) is 11.8 Å². The molecular weight excluding hydrogens is 402 g/mol. The molecule has 0 unspecified atom stereocenters. The lowest BCUT2D eigenvalue weighted by molar-refractivity contribution is 0.355. The summed E-state index contributed by atoms with van der Waals surface area (Å²) in [5, 5.41) is 4.77. The molecule has 4 aromatic rings. The minimum absolute atomic E-state index is 0.255. The third-order valence-corrected chi connectivity index (χ3v) is 5.98. The van der Waals surface area contributed by atoms with Crippen LogP contribution in [0.15, 0.2) is 59.5 Å². The number of nitrogens with zero attached hydrogens (tertiary/aromatic N) is 3. The van der Waals surface area contributed by atoms with Gasteiger partial charge in [0.15, 0.2) is 27.0 Å². The van der Waals surface area contributed by atoms with Gasteiger partial charge in [-0.05, 0) is 49.4 Å². The first-order chi connectivity index (χ1) is 14.3. The van der Waals surface area contributed by atoms with Crippen molar-refractivity contribution >= 4 is 15.5 Å². The lowest BCUT2D eigenvalue weighted by Gasteiger charge is -2.10. The van der Waals surface area contributed by atoms with E-state index in [0.29, 0.717) is 17.1 Å². The molecule has 0 bridgehead atoms. The number of fused-ring (bicyclic) bond motifs is 1. The molecule has 0 amide bonds. The number of aromatic nitrogens is 3. The zero-order chi connectivity index (χ0) is 21.5. The summed E-state index contributed by atoms with van der Waals surface area (Å²) in [5.41, 5.74) is 4.50. The van der Waals surface area contributed by atoms with E-state index in [2.05, 4.69) is 4.98 Å². The fourth-order valence-corrected chi connectivity index (χ4v) is 4.07. The second-order valence-corrected chi connectivity index (χ2v) is 8.92. The van der Waals surface area contributed by atoms with Gasteiger partial charge in [-0.1, -0.05) is 12.1 Å². The molecule has 0 fully saturated rings. The van der Waals surface area contributed by atoms with Crippen LogP contribution in [0.3, 0.4) is 0 Å². The largest absolute Gasteiger partial charge is 0.493 e. The molecule has 0 radical (unpaired) electrons. The molecular formula is C22H21N3O4S. The minimum atomic E-state index is -3.32. The Bertz CT molecular complexity index is 1360. The molecule has 0 N–H and O–H groups in total. The Morgan fingerprint density at radius 2 is 1.67 bits per heavy atom. The molecule has 154 valence electrons. The Balaban J connectivity index is 1.89. The van der Waals surface area contributed by atoms with Crippen molar-refractivity contribution in [1.29, 1.82) is 0 Å². The number of benzene rings is 2. The molecule has 0 aliphatic rings. The van der Waals surface area contributed by atoms with Gasteiger partial charge in [-0.15, -0.1) is 0 Å². The number of methoxy groups -OCH3 is 2. The monoisotopic (exact) mass is 423 g/mol. The van der Waals surface area contributed by atoms with Gasteiger partial charge in [0.25, 0.3) is 0 Å². The summed E-state index contributed by atoms with van der Waals surface area (Å²) >= 11 is 0. The number of aryl methyl sites for hydroxylation is 1. The third-order valence-electron chi connectivity index (χ3n) is 4.87. The van der Waals surface area contributed by atoms with Crippen molar-refractivity contribution in [3.63, 3.8) is 0 Å². The molecule has 0 aliphatic carbocycles. The number of ether oxygens (including phenoxy) is 2. The summed E-state index contributed by atoms with van der Waals surface area (Å²) in [5.74, 6) is 1.25. The molecule has 8 heteroatoms. The van der Waals surface area contributed by atoms with Crippen LogP contribution in [0.1, 0.15) is 5.69 Å². The van der Waals surface area contributed by atoms with Crippen molar-refractivity contribution in [3.05, 3.63) is 60.3 Å². The van der Waals surface area contributed by atoms with E-state index < -0.39 is 9.84 Å². The summed E-state index contributed by atoms with van der Waals surface area (Å²) in [7, 11) is -0.146. The second kappa shape index (κ2) is 7.46. The summed E-state index contributed by atoms with van der Waals surface area (Å²) in [4.78, 5) is 4.84. The first-order valence-corrected chi connectivity index (χ1v) is 11.1. The number of sulfone groups is 1. The van der Waals surface area contributed by atoms with E-state index in [-0.39, 0.29) is 4.90 Å². The number of hydrogen-bond donors (Lipinski definition) is 0. The van der Waals surface area contributed by atoms with Gasteiger partial charge in [0.1, 0.15) is 0 Å². The molecule has 2 aromatic heterocycles. The normalized spacial score (nSPS) is 11.6. The summed E-state index contributed by atoms with van der Waals surface area (Å²) in [6.45, 7) is 1.88. The van der Waals surface area contributed by atoms with Crippen LogP contribution < -0.4 is 9.47 Å². The number of rotatable bonds is 5. The van der Waals surface area contributed by atoms with Gasteiger partial charge in [-0.3, -0.25) is 0 Å². The van der Waals surface area contributed by atoms with Gasteiger partial charge in [0.2, 0.25) is 0 Å². The van der Waals surface area contributed by atoms with E-state index in [9.17, 15) is 8.42 Å². The zero-order valence-corrected chi connectivity index (χ0v) is 17.9. The van der Waals surface area contributed by atoms with E-state index in [1.807, 2.05) is 43.3 Å². The fourth-order valence-electron chi connectivity index (χ4n) is 3.40. The van der Waals surface area contributed by atoms with Crippen molar-refractivity contribution in [2.75, 3.05) is 20.5 Å². The van der Waals surface area contributed by atoms with E-state index >= 15 is 0 Å². The molecule has 2 aromatic carbocycles. The quantitative estimate of drug-likeness (QED) is 0.486. The summed E-state index contributed by atoms with van der Waals surface area (Å²) < 4.78 is 36.4. The van der Waals surface area contributed by atoms with Crippen molar-refractivity contribution in [1.82, 2.24) is 14.6 Å². The van der Waals surface area contributed by atoms with Crippen LogP contribution in [-0.2, 0) is 9.84 Å². The molecule has 30 heavy (non-hydrogen) atoms. The average molecular weight is 423 g/mol. The maximum Gasteiger partial charge on any atom is 0.175 e. The van der Waals surface area contributed by atoms with Crippen molar-refractivity contribution in [3.8, 4) is 34.0 Å². The van der Waals surface area contributed by atoms with E-state index in [1.165, 1.54) is 6.26 Å². The van der Waals surface area contributed by atoms with Crippen LogP contribution in [0.2, 0.25) is 0 Å². The van der Waals surface area contributed by atoms with Gasteiger partial charge >= 0.3 is 0 Å². The Labute approximate surface area is 174 Å². The van der Waals surface area contributed by atoms with Crippen LogP contribution in [0, 0.1) is 6.92 Å². The van der Waals surface area contributed by atoms with Gasteiger partial charge in [-0.25, -0.2) is 17.9 Å². The van der Waals surface area contributed by atoms with Crippen LogP contribution >= 0.6 is 0 Å². The molecule has 0 saturated carbocycles. The molecule has 0 aliphatic heterocycles. The fraction of sp³-hybridized carbons (Fsp3) is 0.182. The van der Waals surface area contributed by atoms with E-state index in [0.717, 1.165) is 28.2 Å². The maximum atomic E-state index is 12.0. The Morgan fingerprint density at radius 3 is 2.37 bits per heavy atom. The van der Waals surface area contributed by atoms with Gasteiger partial charge in [0.05, 0.1) is 36.2 Å². The average Bonchev–Trinajstić information content (AvgIpc) is 3.07. The standard InChI is InChI=1S/C22H21N3O4S/c1-14-22(16-6-5-7-17(12-16)30(4,26)27)25-21(23-14)11-9-18(24-25)15-8-10-19(28-2)20(13-15)29-3/h5-13H,1-4H3. The van der Waals surface area contributed by atoms with Gasteiger partial charge in [-0.2, -0.15) is 5.10 Å². The predicted molar refractivity (Wildman–Crippen MR) is 115 cm³/mol. The Morgan fingerprint density at radius 1 is 0.900 bits per heavy atom. The van der Waals surface area contributed by atoms with Gasteiger partial charge < -0.3 is 9.47 Å². The molecule has 4 rings (SSSR count). The van der Waals surface area contributed by atoms with Crippen molar-refractivity contribution in [2.24, 2.45) is 0 Å². The maximum absolute atomic E-state index is 12.0. The summed E-state index contributed by atoms with van der Waals surface area (Å²) in [6.07, 6.45) is 1.20. The first-order valence-electron chi connectivity index (χ1n) is 9.21. The molecule has 0 saturated heterocycles. The SMILES string of the molecule is COc1ccc(-c2ccc3nc(C)c(-c4cccc(S(C)(=O)=O)c4)n3n2)cc1OC. The highest BCUT2D eigenvalue weighted by molar-refractivity contribution is 7.90. The highest BCUT2D eigenvalue weighted by Gasteiger charge is 2.16. The highest BCUT2D eigenvalue weighted by atomic mass is 32.2. The number of hydrogen-bond acceptors (Lipinski definition) is 6. The molecule has 0 atom stereocenters. The van der Waals surface area contributed by atoms with E-state index in [1.54, 1.807) is 36.9 Å². The smallest absolute Gasteiger partial charge is 0.175 e. The highest BCUT2D eigenvalue weighted by Crippen LogP contribution is 2.32. The molecule has 2 heterocycles. The van der Waals surface area contributed by atoms with Gasteiger partial charge in [0, 0.05) is 17.4 Å². The predicted octanol–water partition coefficient (Wildman–Crippen LogP) is 3.79. The Hall–Kier alpha value is -3.39. The van der Waals surface area contributed by atoms with E-state index in [4.69, 9.17) is 14.6 Å². The second-order valence-electron chi connectivity index (χ2n) is 6.90. The molecule has 7 nitrogen and oxygen atoms in total. The molecule has 0 spiro atoms. The van der Waals surface area contributed by atoms with Crippen LogP contribution in [0.25, 0.3) is 28.2 Å². The minimum Gasteiger partial charge on any atom is -0.493 e. The van der Waals surface area contributed by atoms with Crippen LogP contribution in [-0.4, -0.2) is 43.5 Å². The van der Waals surface area contributed by atoms with Crippen LogP contribution in [0.5, 0.6) is 11.5 Å². The first kappa shape index (κ1) is 19.9. The van der Waals surface area contributed by atoms with Crippen molar-refractivity contribution < 1.29 is 17.9 Å². The van der Waals surface area contributed by atoms with Crippen LogP contribution in [0.4, 0.5) is 0 Å². The Kier molecular flexibility index (Phi) is 4.95. The topological polar surface area (TPSA) is 82.8 Å². The lowest BCUT2D eigenvalue weighted by atomic mass is 10.1. The summed E-state index contributed by atoms with van der Waals surface area (Å²) in [6, 6.07) is 16.2.